The third-order valence-electron chi connectivity index (χ3n) is 2.83. The lowest BCUT2D eigenvalue weighted by atomic mass is 10.1. The van der Waals surface area contributed by atoms with Crippen molar-refractivity contribution in [2.75, 3.05) is 20.6 Å². The van der Waals surface area contributed by atoms with Crippen molar-refractivity contribution in [2.45, 2.75) is 6.92 Å². The van der Waals surface area contributed by atoms with Crippen molar-refractivity contribution in [1.82, 2.24) is 10.2 Å². The van der Waals surface area contributed by atoms with Crippen molar-refractivity contribution in [3.63, 3.8) is 0 Å². The van der Waals surface area contributed by atoms with Gasteiger partial charge < -0.3 is 20.4 Å². The van der Waals surface area contributed by atoms with E-state index in [1.165, 1.54) is 37.2 Å². The number of aromatic hydroxyl groups is 2. The average molecular weight is 266 g/mol. The number of nitrogens with one attached hydrogen (secondary N) is 1. The maximum Gasteiger partial charge on any atom is 0.257 e. The molecular formula is C13H18N2O4. The first-order chi connectivity index (χ1) is 8.88. The second-order valence-corrected chi connectivity index (χ2v) is 4.37. The summed E-state index contributed by atoms with van der Waals surface area (Å²) in [5.74, 6) is -1.78. The van der Waals surface area contributed by atoms with Gasteiger partial charge in [0.2, 0.25) is 5.91 Å². The van der Waals surface area contributed by atoms with E-state index in [9.17, 15) is 19.8 Å². The third kappa shape index (κ3) is 3.37. The van der Waals surface area contributed by atoms with Crippen LogP contribution in [0, 0.1) is 5.92 Å². The molecule has 0 spiro atoms. The first-order valence-electron chi connectivity index (χ1n) is 5.86. The molecule has 6 nitrogen and oxygen atoms in total. The number of para-hydroxylation sites is 1. The summed E-state index contributed by atoms with van der Waals surface area (Å²) in [4.78, 5) is 24.8. The van der Waals surface area contributed by atoms with Gasteiger partial charge in [-0.2, -0.15) is 0 Å². The van der Waals surface area contributed by atoms with Crippen molar-refractivity contribution in [3.8, 4) is 11.5 Å². The number of amides is 2. The lowest BCUT2D eigenvalue weighted by Crippen LogP contribution is -2.37. The number of benzene rings is 1. The zero-order chi connectivity index (χ0) is 14.6. The number of hydrogen-bond acceptors (Lipinski definition) is 4. The van der Waals surface area contributed by atoms with Crippen LogP contribution in [0.15, 0.2) is 18.2 Å². The summed E-state index contributed by atoms with van der Waals surface area (Å²) < 4.78 is 0. The van der Waals surface area contributed by atoms with Crippen LogP contribution in [-0.2, 0) is 4.79 Å². The highest BCUT2D eigenvalue weighted by Crippen LogP contribution is 2.28. The van der Waals surface area contributed by atoms with Gasteiger partial charge in [-0.05, 0) is 12.1 Å². The van der Waals surface area contributed by atoms with Gasteiger partial charge in [0.25, 0.3) is 5.91 Å². The zero-order valence-electron chi connectivity index (χ0n) is 11.2. The molecule has 0 saturated heterocycles. The van der Waals surface area contributed by atoms with Crippen molar-refractivity contribution in [3.05, 3.63) is 23.8 Å². The standard InChI is InChI=1S/C13H18N2O4/c1-8(12(18)14-2)7-15(3)13(19)9-5-4-6-10(16)11(9)17/h4-6,8,16-17H,7H2,1-3H3,(H,14,18). The molecule has 0 aliphatic carbocycles. The van der Waals surface area contributed by atoms with Crippen molar-refractivity contribution >= 4 is 11.8 Å². The molecule has 1 aromatic carbocycles. The normalized spacial score (nSPS) is 11.7. The van der Waals surface area contributed by atoms with Crippen LogP contribution >= 0.6 is 0 Å². The van der Waals surface area contributed by atoms with Gasteiger partial charge in [0.1, 0.15) is 0 Å². The molecule has 0 bridgehead atoms. The largest absolute Gasteiger partial charge is 0.504 e. The van der Waals surface area contributed by atoms with Crippen molar-refractivity contribution in [1.29, 1.82) is 0 Å². The molecule has 104 valence electrons. The van der Waals surface area contributed by atoms with E-state index in [1.54, 1.807) is 6.92 Å². The summed E-state index contributed by atoms with van der Waals surface area (Å²) in [7, 11) is 3.06. The Balaban J connectivity index is 2.83. The molecule has 0 aromatic heterocycles. The third-order valence-corrected chi connectivity index (χ3v) is 2.83. The van der Waals surface area contributed by atoms with E-state index in [1.807, 2.05) is 0 Å². The van der Waals surface area contributed by atoms with Gasteiger partial charge in [-0.1, -0.05) is 13.0 Å². The Hall–Kier alpha value is -2.24. The number of nitrogens with zero attached hydrogens (tertiary/aromatic N) is 1. The summed E-state index contributed by atoms with van der Waals surface area (Å²) in [5, 5.41) is 21.5. The molecule has 1 atom stereocenters. The summed E-state index contributed by atoms with van der Waals surface area (Å²) >= 11 is 0. The number of rotatable bonds is 4. The fourth-order valence-corrected chi connectivity index (χ4v) is 1.73. The summed E-state index contributed by atoms with van der Waals surface area (Å²) in [5.41, 5.74) is 0.00612. The summed E-state index contributed by atoms with van der Waals surface area (Å²) in [6.07, 6.45) is 0. The Bertz CT molecular complexity index is 488. The van der Waals surface area contributed by atoms with Crippen LogP contribution in [0.25, 0.3) is 0 Å². The smallest absolute Gasteiger partial charge is 0.257 e. The van der Waals surface area contributed by atoms with Crippen LogP contribution in [0.1, 0.15) is 17.3 Å². The van der Waals surface area contributed by atoms with Gasteiger partial charge in [0.15, 0.2) is 11.5 Å². The topological polar surface area (TPSA) is 89.9 Å². The number of phenols is 2. The minimum atomic E-state index is -0.454. The molecule has 1 rings (SSSR count). The van der Waals surface area contributed by atoms with Gasteiger partial charge >= 0.3 is 0 Å². The highest BCUT2D eigenvalue weighted by atomic mass is 16.3. The van der Waals surface area contributed by atoms with Crippen LogP contribution in [0.3, 0.4) is 0 Å². The second kappa shape index (κ2) is 6.08. The highest BCUT2D eigenvalue weighted by molar-refractivity contribution is 5.97. The average Bonchev–Trinajstić information content (AvgIpc) is 2.39. The Kier molecular flexibility index (Phi) is 4.74. The molecule has 0 fully saturated rings. The lowest BCUT2D eigenvalue weighted by molar-refractivity contribution is -0.124. The van der Waals surface area contributed by atoms with E-state index in [4.69, 9.17) is 0 Å². The van der Waals surface area contributed by atoms with Crippen LogP contribution in [0.5, 0.6) is 11.5 Å². The van der Waals surface area contributed by atoms with Gasteiger partial charge in [-0.3, -0.25) is 9.59 Å². The van der Waals surface area contributed by atoms with Gasteiger partial charge in [0.05, 0.1) is 11.5 Å². The monoisotopic (exact) mass is 266 g/mol. The molecule has 1 aromatic rings. The number of phenolic OH excluding ortho intramolecular Hbond substituents is 2. The Morgan fingerprint density at radius 1 is 1.37 bits per heavy atom. The molecule has 6 heteroatoms. The number of carbonyl (C=O) groups excluding carboxylic acids is 2. The van der Waals surface area contributed by atoms with E-state index < -0.39 is 11.7 Å². The Morgan fingerprint density at radius 3 is 2.58 bits per heavy atom. The molecule has 19 heavy (non-hydrogen) atoms. The molecule has 2 amide bonds. The minimum absolute atomic E-state index is 0.00612. The lowest BCUT2D eigenvalue weighted by Gasteiger charge is -2.21. The highest BCUT2D eigenvalue weighted by Gasteiger charge is 2.21. The van der Waals surface area contributed by atoms with Crippen LogP contribution in [0.2, 0.25) is 0 Å². The van der Waals surface area contributed by atoms with Gasteiger partial charge in [-0.15, -0.1) is 0 Å². The summed E-state index contributed by atoms with van der Waals surface area (Å²) in [6.45, 7) is 1.92. The Labute approximate surface area is 111 Å². The van der Waals surface area contributed by atoms with Gasteiger partial charge in [-0.25, -0.2) is 0 Å². The van der Waals surface area contributed by atoms with Gasteiger partial charge in [0, 0.05) is 20.6 Å². The predicted molar refractivity (Wildman–Crippen MR) is 70.0 cm³/mol. The molecular weight excluding hydrogens is 248 g/mol. The van der Waals surface area contributed by atoms with E-state index in [0.29, 0.717) is 0 Å². The minimum Gasteiger partial charge on any atom is -0.504 e. The Morgan fingerprint density at radius 2 is 2.00 bits per heavy atom. The summed E-state index contributed by atoms with van der Waals surface area (Å²) in [6, 6.07) is 4.18. The number of carbonyl (C=O) groups is 2. The van der Waals surface area contributed by atoms with Crippen molar-refractivity contribution < 1.29 is 19.8 Å². The fraction of sp³-hybridized carbons (Fsp3) is 0.385. The quantitative estimate of drug-likeness (QED) is 0.694. The predicted octanol–water partition coefficient (Wildman–Crippen LogP) is 0.552. The van der Waals surface area contributed by atoms with Crippen LogP contribution in [0.4, 0.5) is 0 Å². The first kappa shape index (κ1) is 14.8. The molecule has 0 aliphatic heterocycles. The van der Waals surface area contributed by atoms with E-state index >= 15 is 0 Å². The molecule has 0 heterocycles. The first-order valence-corrected chi connectivity index (χ1v) is 5.86. The van der Waals surface area contributed by atoms with E-state index in [-0.39, 0.29) is 29.7 Å². The maximum absolute atomic E-state index is 12.1. The number of hydrogen-bond donors (Lipinski definition) is 3. The van der Waals surface area contributed by atoms with Crippen LogP contribution in [-0.4, -0.2) is 47.6 Å². The molecule has 0 saturated carbocycles. The molecule has 0 radical (unpaired) electrons. The van der Waals surface area contributed by atoms with Crippen molar-refractivity contribution in [2.24, 2.45) is 5.92 Å². The van der Waals surface area contributed by atoms with E-state index in [2.05, 4.69) is 5.32 Å². The SMILES string of the molecule is CNC(=O)C(C)CN(C)C(=O)c1cccc(O)c1O. The molecule has 0 aliphatic rings. The second-order valence-electron chi connectivity index (χ2n) is 4.37. The van der Waals surface area contributed by atoms with E-state index in [0.717, 1.165) is 0 Å². The molecule has 3 N–H and O–H groups in total. The van der Waals surface area contributed by atoms with Crippen LogP contribution < -0.4 is 5.32 Å². The zero-order valence-corrected chi connectivity index (χ0v) is 11.2. The maximum atomic E-state index is 12.1. The fourth-order valence-electron chi connectivity index (χ4n) is 1.73. The molecule has 1 unspecified atom stereocenters.